The van der Waals surface area contributed by atoms with E-state index in [1.807, 2.05) is 6.92 Å². The normalized spacial score (nSPS) is 14.1. The van der Waals surface area contributed by atoms with Gasteiger partial charge in [-0.2, -0.15) is 0 Å². The third kappa shape index (κ3) is 4.77. The van der Waals surface area contributed by atoms with Crippen molar-refractivity contribution >= 4 is 0 Å². The van der Waals surface area contributed by atoms with Crippen LogP contribution in [0.1, 0.15) is 38.6 Å². The molecule has 0 spiro atoms. The van der Waals surface area contributed by atoms with Gasteiger partial charge in [0.05, 0.1) is 18.1 Å². The standard InChI is InChI=1S/C12H23N3O/c1-9-11(15-8-14-9)7-13-6-10(16)5-12(2,3)4/h8,10,13,16H,5-7H2,1-4H3,(H,14,15). The minimum absolute atomic E-state index is 0.170. The molecule has 1 rings (SSSR count). The summed E-state index contributed by atoms with van der Waals surface area (Å²) < 4.78 is 0. The summed E-state index contributed by atoms with van der Waals surface area (Å²) in [5.41, 5.74) is 2.27. The van der Waals surface area contributed by atoms with E-state index in [-0.39, 0.29) is 11.5 Å². The summed E-state index contributed by atoms with van der Waals surface area (Å²) in [5.74, 6) is 0. The summed E-state index contributed by atoms with van der Waals surface area (Å²) in [7, 11) is 0. The lowest BCUT2D eigenvalue weighted by molar-refractivity contribution is 0.119. The number of H-pyrrole nitrogens is 1. The van der Waals surface area contributed by atoms with Gasteiger partial charge in [-0.15, -0.1) is 0 Å². The summed E-state index contributed by atoms with van der Waals surface area (Å²) in [6, 6.07) is 0. The van der Waals surface area contributed by atoms with Gasteiger partial charge in [-0.25, -0.2) is 4.98 Å². The first-order chi connectivity index (χ1) is 7.38. The van der Waals surface area contributed by atoms with Gasteiger partial charge in [0.2, 0.25) is 0 Å². The lowest BCUT2D eigenvalue weighted by Gasteiger charge is -2.22. The Kier molecular flexibility index (Phi) is 4.50. The number of rotatable bonds is 5. The number of aliphatic hydroxyl groups is 1. The van der Waals surface area contributed by atoms with Gasteiger partial charge < -0.3 is 15.4 Å². The number of nitrogens with one attached hydrogen (secondary N) is 2. The van der Waals surface area contributed by atoms with Crippen molar-refractivity contribution in [2.75, 3.05) is 6.54 Å². The third-order valence-corrected chi connectivity index (χ3v) is 2.45. The molecule has 0 aliphatic carbocycles. The topological polar surface area (TPSA) is 60.9 Å². The molecule has 0 aliphatic rings. The van der Waals surface area contributed by atoms with Gasteiger partial charge in [0.1, 0.15) is 0 Å². The summed E-state index contributed by atoms with van der Waals surface area (Å²) >= 11 is 0. The van der Waals surface area contributed by atoms with Crippen LogP contribution in [0.2, 0.25) is 0 Å². The number of hydrogen-bond donors (Lipinski definition) is 3. The second kappa shape index (κ2) is 5.46. The second-order valence-electron chi connectivity index (χ2n) is 5.52. The number of aryl methyl sites for hydroxylation is 1. The smallest absolute Gasteiger partial charge is 0.0925 e. The molecule has 0 fully saturated rings. The van der Waals surface area contributed by atoms with Crippen LogP contribution in [0.3, 0.4) is 0 Å². The van der Waals surface area contributed by atoms with E-state index < -0.39 is 0 Å². The highest BCUT2D eigenvalue weighted by atomic mass is 16.3. The molecule has 1 unspecified atom stereocenters. The first-order valence-electron chi connectivity index (χ1n) is 5.76. The molecular weight excluding hydrogens is 202 g/mol. The Morgan fingerprint density at radius 1 is 1.50 bits per heavy atom. The van der Waals surface area contributed by atoms with Gasteiger partial charge >= 0.3 is 0 Å². The zero-order valence-corrected chi connectivity index (χ0v) is 10.7. The first kappa shape index (κ1) is 13.2. The van der Waals surface area contributed by atoms with E-state index in [0.29, 0.717) is 13.1 Å². The Hall–Kier alpha value is -0.870. The predicted molar refractivity (Wildman–Crippen MR) is 65.1 cm³/mol. The van der Waals surface area contributed by atoms with Gasteiger partial charge in [0.15, 0.2) is 0 Å². The van der Waals surface area contributed by atoms with Crippen LogP contribution in [-0.2, 0) is 6.54 Å². The maximum atomic E-state index is 9.79. The molecule has 0 saturated heterocycles. The molecule has 0 aromatic carbocycles. The molecule has 0 radical (unpaired) electrons. The molecule has 0 saturated carbocycles. The zero-order valence-electron chi connectivity index (χ0n) is 10.7. The molecule has 1 heterocycles. The van der Waals surface area contributed by atoms with Crippen molar-refractivity contribution in [2.24, 2.45) is 5.41 Å². The second-order valence-corrected chi connectivity index (χ2v) is 5.52. The third-order valence-electron chi connectivity index (χ3n) is 2.45. The molecule has 1 atom stereocenters. The summed E-state index contributed by atoms with van der Waals surface area (Å²) in [5, 5.41) is 13.0. The van der Waals surface area contributed by atoms with Crippen LogP contribution in [0.25, 0.3) is 0 Å². The highest BCUT2D eigenvalue weighted by Crippen LogP contribution is 2.20. The van der Waals surface area contributed by atoms with Crippen molar-refractivity contribution in [3.8, 4) is 0 Å². The van der Waals surface area contributed by atoms with Crippen LogP contribution in [0.5, 0.6) is 0 Å². The number of nitrogens with zero attached hydrogens (tertiary/aromatic N) is 1. The van der Waals surface area contributed by atoms with E-state index in [1.165, 1.54) is 0 Å². The maximum absolute atomic E-state index is 9.79. The monoisotopic (exact) mass is 225 g/mol. The Morgan fingerprint density at radius 3 is 2.69 bits per heavy atom. The lowest BCUT2D eigenvalue weighted by Crippen LogP contribution is -2.30. The molecule has 4 nitrogen and oxygen atoms in total. The molecule has 0 amide bonds. The van der Waals surface area contributed by atoms with Crippen LogP contribution >= 0.6 is 0 Å². The molecule has 1 aromatic rings. The largest absolute Gasteiger partial charge is 0.392 e. The molecule has 0 aliphatic heterocycles. The predicted octanol–water partition coefficient (Wildman–Crippen LogP) is 1.60. The average Bonchev–Trinajstić information content (AvgIpc) is 2.48. The molecule has 16 heavy (non-hydrogen) atoms. The van der Waals surface area contributed by atoms with Crippen LogP contribution in [0, 0.1) is 12.3 Å². The Bertz CT molecular complexity index is 314. The fraction of sp³-hybridized carbons (Fsp3) is 0.750. The Morgan fingerprint density at radius 2 is 2.19 bits per heavy atom. The van der Waals surface area contributed by atoms with Crippen LogP contribution in [0.4, 0.5) is 0 Å². The van der Waals surface area contributed by atoms with E-state index in [1.54, 1.807) is 6.33 Å². The number of hydrogen-bond acceptors (Lipinski definition) is 3. The highest BCUT2D eigenvalue weighted by Gasteiger charge is 2.16. The van der Waals surface area contributed by atoms with Gasteiger partial charge in [-0.3, -0.25) is 0 Å². The van der Waals surface area contributed by atoms with E-state index >= 15 is 0 Å². The van der Waals surface area contributed by atoms with Crippen molar-refractivity contribution in [1.29, 1.82) is 0 Å². The van der Waals surface area contributed by atoms with E-state index in [2.05, 4.69) is 36.1 Å². The van der Waals surface area contributed by atoms with Crippen LogP contribution < -0.4 is 5.32 Å². The molecule has 4 heteroatoms. The molecule has 3 N–H and O–H groups in total. The SMILES string of the molecule is Cc1[nH]cnc1CNCC(O)CC(C)(C)C. The van der Waals surface area contributed by atoms with Crippen molar-refractivity contribution in [1.82, 2.24) is 15.3 Å². The highest BCUT2D eigenvalue weighted by molar-refractivity contribution is 5.07. The van der Waals surface area contributed by atoms with Crippen LogP contribution in [-0.4, -0.2) is 27.7 Å². The van der Waals surface area contributed by atoms with E-state index in [4.69, 9.17) is 0 Å². The quantitative estimate of drug-likeness (QED) is 0.713. The number of aliphatic hydroxyl groups excluding tert-OH is 1. The minimum atomic E-state index is -0.292. The van der Waals surface area contributed by atoms with Gasteiger partial charge in [0.25, 0.3) is 0 Å². The zero-order chi connectivity index (χ0) is 12.2. The van der Waals surface area contributed by atoms with Crippen molar-refractivity contribution in [3.05, 3.63) is 17.7 Å². The van der Waals surface area contributed by atoms with Crippen molar-refractivity contribution in [2.45, 2.75) is 46.8 Å². The summed E-state index contributed by atoms with van der Waals surface area (Å²) in [4.78, 5) is 7.22. The maximum Gasteiger partial charge on any atom is 0.0925 e. The summed E-state index contributed by atoms with van der Waals surface area (Å²) in [6.07, 6.45) is 2.21. The minimum Gasteiger partial charge on any atom is -0.392 e. The fourth-order valence-electron chi connectivity index (χ4n) is 1.70. The molecular formula is C12H23N3O. The Labute approximate surface area is 97.5 Å². The number of aromatic amines is 1. The summed E-state index contributed by atoms with van der Waals surface area (Å²) in [6.45, 7) is 9.71. The van der Waals surface area contributed by atoms with E-state index in [0.717, 1.165) is 17.8 Å². The van der Waals surface area contributed by atoms with Crippen molar-refractivity contribution < 1.29 is 5.11 Å². The Balaban J connectivity index is 2.23. The number of aromatic nitrogens is 2. The van der Waals surface area contributed by atoms with Gasteiger partial charge in [0, 0.05) is 18.8 Å². The number of imidazole rings is 1. The average molecular weight is 225 g/mol. The van der Waals surface area contributed by atoms with Gasteiger partial charge in [-0.05, 0) is 18.8 Å². The van der Waals surface area contributed by atoms with Crippen LogP contribution in [0.15, 0.2) is 6.33 Å². The molecule has 1 aromatic heterocycles. The van der Waals surface area contributed by atoms with Crippen molar-refractivity contribution in [3.63, 3.8) is 0 Å². The molecule has 92 valence electrons. The van der Waals surface area contributed by atoms with E-state index in [9.17, 15) is 5.11 Å². The molecule has 0 bridgehead atoms. The lowest BCUT2D eigenvalue weighted by atomic mass is 9.89. The first-order valence-corrected chi connectivity index (χ1v) is 5.76. The van der Waals surface area contributed by atoms with Gasteiger partial charge in [-0.1, -0.05) is 20.8 Å². The fourth-order valence-corrected chi connectivity index (χ4v) is 1.70.